The molecule has 4 nitrogen and oxygen atoms in total. The third-order valence-corrected chi connectivity index (χ3v) is 2.78. The fraction of sp³-hybridized carbons (Fsp3) is 0.583. The van der Waals surface area contributed by atoms with Gasteiger partial charge in [0.05, 0.1) is 13.2 Å². The van der Waals surface area contributed by atoms with Gasteiger partial charge in [0, 0.05) is 30.8 Å². The molecule has 1 N–H and O–H groups in total. The van der Waals surface area contributed by atoms with Crippen LogP contribution in [0, 0.1) is 11.7 Å². The quantitative estimate of drug-likeness (QED) is 0.844. The summed E-state index contributed by atoms with van der Waals surface area (Å²) in [7, 11) is 1.77. The Labute approximate surface area is 100 Å². The minimum absolute atomic E-state index is 0.0876. The fourth-order valence-corrected chi connectivity index (χ4v) is 1.80. The van der Waals surface area contributed by atoms with E-state index in [0.29, 0.717) is 31.2 Å². The van der Waals surface area contributed by atoms with Gasteiger partial charge in [0.1, 0.15) is 0 Å². The van der Waals surface area contributed by atoms with Crippen LogP contribution < -0.4 is 10.1 Å². The highest BCUT2D eigenvalue weighted by Crippen LogP contribution is 2.19. The standard InChI is InChI=1S/C12H17FN2O2/c1-14-6-10-2-4-15-12(11(10)13)17-8-9-3-5-16-7-9/h2,4,9,14H,3,5-8H2,1H3. The van der Waals surface area contributed by atoms with Gasteiger partial charge in [0.25, 0.3) is 5.88 Å². The van der Waals surface area contributed by atoms with Crippen molar-refractivity contribution in [2.45, 2.75) is 13.0 Å². The zero-order valence-electron chi connectivity index (χ0n) is 9.91. The lowest BCUT2D eigenvalue weighted by molar-refractivity contribution is 0.163. The van der Waals surface area contributed by atoms with Crippen molar-refractivity contribution in [3.63, 3.8) is 0 Å². The fourth-order valence-electron chi connectivity index (χ4n) is 1.80. The van der Waals surface area contributed by atoms with Gasteiger partial charge in [-0.3, -0.25) is 0 Å². The number of nitrogens with one attached hydrogen (secondary N) is 1. The van der Waals surface area contributed by atoms with Crippen molar-refractivity contribution in [2.75, 3.05) is 26.9 Å². The topological polar surface area (TPSA) is 43.4 Å². The van der Waals surface area contributed by atoms with E-state index in [0.717, 1.165) is 13.0 Å². The first-order valence-corrected chi connectivity index (χ1v) is 5.79. The molecule has 1 aliphatic heterocycles. The average Bonchev–Trinajstić information content (AvgIpc) is 2.83. The van der Waals surface area contributed by atoms with Crippen molar-refractivity contribution in [1.82, 2.24) is 10.3 Å². The van der Waals surface area contributed by atoms with Gasteiger partial charge in [-0.2, -0.15) is 0 Å². The smallest absolute Gasteiger partial charge is 0.250 e. The minimum Gasteiger partial charge on any atom is -0.475 e. The van der Waals surface area contributed by atoms with Crippen LogP contribution in [0.2, 0.25) is 0 Å². The Kier molecular flexibility index (Phi) is 4.28. The first-order valence-electron chi connectivity index (χ1n) is 5.79. The van der Waals surface area contributed by atoms with Crippen LogP contribution in [0.5, 0.6) is 5.88 Å². The zero-order chi connectivity index (χ0) is 12.1. The number of halogens is 1. The maximum absolute atomic E-state index is 13.9. The highest BCUT2D eigenvalue weighted by Gasteiger charge is 2.18. The molecule has 0 bridgehead atoms. The molecule has 1 unspecified atom stereocenters. The van der Waals surface area contributed by atoms with Gasteiger partial charge in [-0.1, -0.05) is 0 Å². The van der Waals surface area contributed by atoms with E-state index in [2.05, 4.69) is 10.3 Å². The summed E-state index contributed by atoms with van der Waals surface area (Å²) in [6.45, 7) is 2.39. The lowest BCUT2D eigenvalue weighted by Crippen LogP contribution is -2.14. The van der Waals surface area contributed by atoms with Gasteiger partial charge in [-0.25, -0.2) is 9.37 Å². The van der Waals surface area contributed by atoms with Gasteiger partial charge in [0.15, 0.2) is 5.82 Å². The highest BCUT2D eigenvalue weighted by atomic mass is 19.1. The molecule has 0 spiro atoms. The number of pyridine rings is 1. The average molecular weight is 240 g/mol. The molecule has 0 aliphatic carbocycles. The largest absolute Gasteiger partial charge is 0.475 e. The van der Waals surface area contributed by atoms with Crippen LogP contribution in [0.1, 0.15) is 12.0 Å². The monoisotopic (exact) mass is 240 g/mol. The molecular weight excluding hydrogens is 223 g/mol. The third kappa shape index (κ3) is 3.14. The molecule has 17 heavy (non-hydrogen) atoms. The SMILES string of the molecule is CNCc1ccnc(OCC2CCOC2)c1F. The molecule has 1 aromatic rings. The molecule has 0 amide bonds. The first-order chi connectivity index (χ1) is 8.31. The van der Waals surface area contributed by atoms with Crippen LogP contribution >= 0.6 is 0 Å². The maximum Gasteiger partial charge on any atom is 0.250 e. The summed E-state index contributed by atoms with van der Waals surface area (Å²) >= 11 is 0. The number of ether oxygens (including phenoxy) is 2. The molecule has 0 saturated carbocycles. The van der Waals surface area contributed by atoms with Crippen LogP contribution in [-0.2, 0) is 11.3 Å². The Balaban J connectivity index is 1.97. The summed E-state index contributed by atoms with van der Waals surface area (Å²) in [5, 5.41) is 2.91. The molecule has 0 radical (unpaired) electrons. The second kappa shape index (κ2) is 5.93. The Morgan fingerprint density at radius 2 is 2.53 bits per heavy atom. The maximum atomic E-state index is 13.9. The Morgan fingerprint density at radius 3 is 3.24 bits per heavy atom. The van der Waals surface area contributed by atoms with Crippen molar-refractivity contribution in [3.05, 3.63) is 23.6 Å². The van der Waals surface area contributed by atoms with E-state index in [1.807, 2.05) is 0 Å². The van der Waals surface area contributed by atoms with E-state index < -0.39 is 0 Å². The summed E-state index contributed by atoms with van der Waals surface area (Å²) in [5.74, 6) is 0.0644. The second-order valence-electron chi connectivity index (χ2n) is 4.16. The molecule has 1 fully saturated rings. The highest BCUT2D eigenvalue weighted by molar-refractivity contribution is 5.23. The van der Waals surface area contributed by atoms with Crippen molar-refractivity contribution >= 4 is 0 Å². The normalized spacial score (nSPS) is 19.5. The van der Waals surface area contributed by atoms with E-state index in [-0.39, 0.29) is 11.7 Å². The molecular formula is C12H17FN2O2. The van der Waals surface area contributed by atoms with Crippen molar-refractivity contribution < 1.29 is 13.9 Å². The predicted octanol–water partition coefficient (Wildman–Crippen LogP) is 1.36. The number of rotatable bonds is 5. The van der Waals surface area contributed by atoms with Crippen LogP contribution in [0.3, 0.4) is 0 Å². The molecule has 1 aromatic heterocycles. The lowest BCUT2D eigenvalue weighted by Gasteiger charge is -2.11. The molecule has 1 saturated heterocycles. The van der Waals surface area contributed by atoms with Crippen LogP contribution in [0.25, 0.3) is 0 Å². The van der Waals surface area contributed by atoms with Crippen LogP contribution in [0.15, 0.2) is 12.3 Å². The molecule has 0 aromatic carbocycles. The number of hydrogen-bond donors (Lipinski definition) is 1. The van der Waals surface area contributed by atoms with Crippen LogP contribution in [-0.4, -0.2) is 31.9 Å². The number of hydrogen-bond acceptors (Lipinski definition) is 4. The number of nitrogens with zero attached hydrogens (tertiary/aromatic N) is 1. The predicted molar refractivity (Wildman–Crippen MR) is 61.4 cm³/mol. The van der Waals surface area contributed by atoms with Crippen LogP contribution in [0.4, 0.5) is 4.39 Å². The van der Waals surface area contributed by atoms with Crippen molar-refractivity contribution in [3.8, 4) is 5.88 Å². The van der Waals surface area contributed by atoms with Gasteiger partial charge in [0.2, 0.25) is 0 Å². The zero-order valence-corrected chi connectivity index (χ0v) is 9.91. The summed E-state index contributed by atoms with van der Waals surface area (Å²) in [5.41, 5.74) is 0.570. The molecule has 2 rings (SSSR count). The van der Waals surface area contributed by atoms with Gasteiger partial charge >= 0.3 is 0 Å². The molecule has 1 atom stereocenters. The van der Waals surface area contributed by atoms with E-state index in [4.69, 9.17) is 9.47 Å². The first kappa shape index (κ1) is 12.3. The molecule has 5 heteroatoms. The van der Waals surface area contributed by atoms with Gasteiger partial charge < -0.3 is 14.8 Å². The third-order valence-electron chi connectivity index (χ3n) is 2.78. The summed E-state index contributed by atoms with van der Waals surface area (Å²) < 4.78 is 24.5. The van der Waals surface area contributed by atoms with Gasteiger partial charge in [-0.05, 0) is 19.5 Å². The Hall–Kier alpha value is -1.20. The van der Waals surface area contributed by atoms with Crippen molar-refractivity contribution in [2.24, 2.45) is 5.92 Å². The molecule has 2 heterocycles. The Morgan fingerprint density at radius 1 is 1.65 bits per heavy atom. The van der Waals surface area contributed by atoms with Crippen molar-refractivity contribution in [1.29, 1.82) is 0 Å². The second-order valence-corrected chi connectivity index (χ2v) is 4.16. The van der Waals surface area contributed by atoms with E-state index >= 15 is 0 Å². The van der Waals surface area contributed by atoms with E-state index in [1.54, 1.807) is 19.3 Å². The summed E-state index contributed by atoms with van der Waals surface area (Å²) in [6.07, 6.45) is 2.54. The molecule has 94 valence electrons. The lowest BCUT2D eigenvalue weighted by atomic mass is 10.1. The minimum atomic E-state index is -0.374. The summed E-state index contributed by atoms with van der Waals surface area (Å²) in [6, 6.07) is 1.65. The van der Waals surface area contributed by atoms with E-state index in [1.165, 1.54) is 0 Å². The van der Waals surface area contributed by atoms with Gasteiger partial charge in [-0.15, -0.1) is 0 Å². The number of aromatic nitrogens is 1. The molecule has 1 aliphatic rings. The van der Waals surface area contributed by atoms with E-state index in [9.17, 15) is 4.39 Å². The Bertz CT molecular complexity index is 368. The summed E-state index contributed by atoms with van der Waals surface area (Å²) in [4.78, 5) is 3.92.